The van der Waals surface area contributed by atoms with Gasteiger partial charge < -0.3 is 4.74 Å². The lowest BCUT2D eigenvalue weighted by molar-refractivity contribution is 0.111. The van der Waals surface area contributed by atoms with Crippen molar-refractivity contribution in [2.24, 2.45) is 5.92 Å². The van der Waals surface area contributed by atoms with Crippen molar-refractivity contribution < 1.29 is 17.3 Å². The maximum absolute atomic E-state index is 12.0. The molecule has 1 rings (SSSR count). The van der Waals surface area contributed by atoms with E-state index in [9.17, 15) is 8.42 Å². The maximum atomic E-state index is 12.0. The summed E-state index contributed by atoms with van der Waals surface area (Å²) in [5.74, 6) is 0.145. The molecule has 1 atom stereocenters. The Balaban J connectivity index is 2.34. The van der Waals surface area contributed by atoms with Crippen LogP contribution in [-0.2, 0) is 19.0 Å². The smallest absolute Gasteiger partial charge is 0.296 e. The zero-order valence-electron chi connectivity index (χ0n) is 13.2. The second kappa shape index (κ2) is 9.18. The average molecular weight is 314 g/mol. The Morgan fingerprint density at radius 1 is 1.14 bits per heavy atom. The van der Waals surface area contributed by atoms with Crippen LogP contribution in [0.4, 0.5) is 0 Å². The van der Waals surface area contributed by atoms with E-state index in [1.54, 1.807) is 24.3 Å². The molecule has 1 unspecified atom stereocenters. The van der Waals surface area contributed by atoms with Crippen LogP contribution in [0.5, 0.6) is 0 Å². The van der Waals surface area contributed by atoms with E-state index in [0.717, 1.165) is 31.4 Å². The number of ether oxygens (including phenoxy) is 1. The van der Waals surface area contributed by atoms with Gasteiger partial charge in [0.1, 0.15) is 0 Å². The highest BCUT2D eigenvalue weighted by Gasteiger charge is 2.16. The first kappa shape index (κ1) is 18.1. The fourth-order valence-electron chi connectivity index (χ4n) is 1.70. The van der Waals surface area contributed by atoms with Gasteiger partial charge in [-0.15, -0.1) is 0 Å². The van der Waals surface area contributed by atoms with Crippen molar-refractivity contribution in [3.05, 3.63) is 29.8 Å². The molecule has 1 aromatic carbocycles. The summed E-state index contributed by atoms with van der Waals surface area (Å²) >= 11 is 0. The average Bonchev–Trinajstić information content (AvgIpc) is 2.45. The number of rotatable bonds is 10. The maximum Gasteiger partial charge on any atom is 0.296 e. The molecule has 0 N–H and O–H groups in total. The molecule has 0 aliphatic rings. The van der Waals surface area contributed by atoms with Gasteiger partial charge in [0.15, 0.2) is 0 Å². The number of unbranched alkanes of at least 4 members (excludes halogenated alkanes) is 1. The van der Waals surface area contributed by atoms with Gasteiger partial charge in [-0.25, -0.2) is 0 Å². The van der Waals surface area contributed by atoms with Crippen molar-refractivity contribution in [3.8, 4) is 0 Å². The van der Waals surface area contributed by atoms with Crippen molar-refractivity contribution in [2.45, 2.75) is 44.9 Å². The van der Waals surface area contributed by atoms with Crippen LogP contribution < -0.4 is 0 Å². The molecule has 0 amide bonds. The first-order valence-corrected chi connectivity index (χ1v) is 8.90. The third kappa shape index (κ3) is 7.07. The van der Waals surface area contributed by atoms with Crippen LogP contribution in [0.1, 0.15) is 38.7 Å². The second-order valence-electron chi connectivity index (χ2n) is 5.41. The van der Waals surface area contributed by atoms with Crippen molar-refractivity contribution >= 4 is 10.1 Å². The Morgan fingerprint density at radius 2 is 1.81 bits per heavy atom. The molecular formula is C16H26O4S. The van der Waals surface area contributed by atoms with E-state index in [1.165, 1.54) is 0 Å². The van der Waals surface area contributed by atoms with E-state index in [-0.39, 0.29) is 17.4 Å². The fraction of sp³-hybridized carbons (Fsp3) is 0.625. The van der Waals surface area contributed by atoms with Crippen LogP contribution in [0.25, 0.3) is 0 Å². The summed E-state index contributed by atoms with van der Waals surface area (Å²) in [5.41, 5.74) is 1.02. The summed E-state index contributed by atoms with van der Waals surface area (Å²) in [5, 5.41) is 0. The minimum atomic E-state index is -3.65. The topological polar surface area (TPSA) is 52.6 Å². The zero-order chi connectivity index (χ0) is 15.7. The molecule has 0 spiro atoms. The zero-order valence-corrected chi connectivity index (χ0v) is 14.0. The fourth-order valence-corrected chi connectivity index (χ4v) is 2.71. The van der Waals surface area contributed by atoms with Crippen molar-refractivity contribution in [2.75, 3.05) is 19.8 Å². The Labute approximate surface area is 128 Å². The summed E-state index contributed by atoms with van der Waals surface area (Å²) in [7, 11) is -3.65. The number of hydrogen-bond acceptors (Lipinski definition) is 4. The highest BCUT2D eigenvalue weighted by molar-refractivity contribution is 7.86. The molecule has 120 valence electrons. The van der Waals surface area contributed by atoms with E-state index in [1.807, 2.05) is 13.8 Å². The van der Waals surface area contributed by atoms with E-state index in [4.69, 9.17) is 8.92 Å². The van der Waals surface area contributed by atoms with E-state index in [0.29, 0.717) is 6.61 Å². The predicted octanol–water partition coefficient (Wildman–Crippen LogP) is 3.54. The molecule has 0 aliphatic heterocycles. The van der Waals surface area contributed by atoms with Crippen molar-refractivity contribution in [3.63, 3.8) is 0 Å². The van der Waals surface area contributed by atoms with Gasteiger partial charge in [0.05, 0.1) is 11.5 Å². The van der Waals surface area contributed by atoms with Gasteiger partial charge in [0, 0.05) is 13.2 Å². The molecule has 0 fully saturated rings. The normalized spacial score (nSPS) is 13.3. The predicted molar refractivity (Wildman–Crippen MR) is 83.8 cm³/mol. The van der Waals surface area contributed by atoms with E-state index >= 15 is 0 Å². The van der Waals surface area contributed by atoms with Crippen LogP contribution in [0.3, 0.4) is 0 Å². The van der Waals surface area contributed by atoms with Crippen LogP contribution in [-0.4, -0.2) is 28.2 Å². The van der Waals surface area contributed by atoms with Crippen LogP contribution in [0, 0.1) is 12.8 Å². The first-order valence-electron chi connectivity index (χ1n) is 7.49. The minimum absolute atomic E-state index is 0.145. The van der Waals surface area contributed by atoms with Crippen LogP contribution in [0.2, 0.25) is 0 Å². The van der Waals surface area contributed by atoms with Crippen molar-refractivity contribution in [1.29, 1.82) is 0 Å². The molecule has 4 nitrogen and oxygen atoms in total. The van der Waals surface area contributed by atoms with Gasteiger partial charge in [-0.3, -0.25) is 4.18 Å². The van der Waals surface area contributed by atoms with Gasteiger partial charge in [-0.1, -0.05) is 38.0 Å². The highest BCUT2D eigenvalue weighted by atomic mass is 32.2. The van der Waals surface area contributed by atoms with Gasteiger partial charge in [0.2, 0.25) is 0 Å². The quantitative estimate of drug-likeness (QED) is 0.489. The number of hydrogen-bond donors (Lipinski definition) is 0. The monoisotopic (exact) mass is 314 g/mol. The summed E-state index contributed by atoms with van der Waals surface area (Å²) in [6.45, 7) is 7.61. The molecule has 0 radical (unpaired) electrons. The number of benzene rings is 1. The highest BCUT2D eigenvalue weighted by Crippen LogP contribution is 2.15. The Kier molecular flexibility index (Phi) is 7.93. The Bertz CT molecular complexity index is 494. The molecule has 0 saturated carbocycles. The largest absolute Gasteiger partial charge is 0.381 e. The van der Waals surface area contributed by atoms with Gasteiger partial charge in [0.25, 0.3) is 10.1 Å². The third-order valence-electron chi connectivity index (χ3n) is 3.21. The summed E-state index contributed by atoms with van der Waals surface area (Å²) in [4.78, 5) is 0.208. The molecule has 5 heteroatoms. The lowest BCUT2D eigenvalue weighted by Crippen LogP contribution is -2.14. The lowest BCUT2D eigenvalue weighted by Gasteiger charge is -2.12. The molecule has 21 heavy (non-hydrogen) atoms. The summed E-state index contributed by atoms with van der Waals surface area (Å²) in [6.07, 6.45) is 2.98. The molecule has 0 aromatic heterocycles. The second-order valence-corrected chi connectivity index (χ2v) is 7.03. The molecule has 0 heterocycles. The summed E-state index contributed by atoms with van der Waals surface area (Å²) < 4.78 is 34.6. The van der Waals surface area contributed by atoms with Crippen LogP contribution >= 0.6 is 0 Å². The molecule has 0 bridgehead atoms. The molecule has 0 aliphatic carbocycles. The number of aryl methyl sites for hydroxylation is 1. The SMILES string of the molecule is CCCCOCCC(C)COS(=O)(=O)c1ccc(C)cc1. The molecule has 0 saturated heterocycles. The standard InChI is InChI=1S/C16H26O4S/c1-4-5-11-19-12-10-15(3)13-20-21(17,18)16-8-6-14(2)7-9-16/h6-9,15H,4-5,10-13H2,1-3H3. The van der Waals surface area contributed by atoms with Crippen LogP contribution in [0.15, 0.2) is 29.2 Å². The van der Waals surface area contributed by atoms with E-state index < -0.39 is 10.1 Å². The lowest BCUT2D eigenvalue weighted by atomic mass is 10.1. The van der Waals surface area contributed by atoms with Gasteiger partial charge in [-0.2, -0.15) is 8.42 Å². The molecule has 1 aromatic rings. The van der Waals surface area contributed by atoms with Crippen molar-refractivity contribution in [1.82, 2.24) is 0 Å². The van der Waals surface area contributed by atoms with Gasteiger partial charge >= 0.3 is 0 Å². The minimum Gasteiger partial charge on any atom is -0.381 e. The first-order chi connectivity index (χ1) is 9.95. The Hall–Kier alpha value is -0.910. The Morgan fingerprint density at radius 3 is 2.43 bits per heavy atom. The van der Waals surface area contributed by atoms with E-state index in [2.05, 4.69) is 6.92 Å². The van der Waals surface area contributed by atoms with Gasteiger partial charge in [-0.05, 0) is 37.8 Å². The summed E-state index contributed by atoms with van der Waals surface area (Å²) in [6, 6.07) is 6.68. The third-order valence-corrected chi connectivity index (χ3v) is 4.51. The molecular weight excluding hydrogens is 288 g/mol.